The predicted molar refractivity (Wildman–Crippen MR) is 143 cm³/mol. The zero-order valence-corrected chi connectivity index (χ0v) is 22.4. The Kier molecular flexibility index (Phi) is 7.47. The molecule has 0 aromatic heterocycles. The molecule has 4 rings (SSSR count). The number of alkyl carbamates (subject to hydrolysis) is 1. The van der Waals surface area contributed by atoms with Crippen LogP contribution in [0.2, 0.25) is 0 Å². The highest BCUT2D eigenvalue weighted by molar-refractivity contribution is 8.16. The molecule has 3 atom stereocenters. The van der Waals surface area contributed by atoms with E-state index >= 15 is 0 Å². The number of nitrogens with one attached hydrogen (secondary N) is 1. The third kappa shape index (κ3) is 6.47. The van der Waals surface area contributed by atoms with Crippen LogP contribution in [0.15, 0.2) is 59.6 Å². The van der Waals surface area contributed by atoms with Crippen LogP contribution in [0.1, 0.15) is 31.9 Å². The maximum Gasteiger partial charge on any atom is 0.408 e. The number of amidine groups is 1. The molecule has 2 fully saturated rings. The van der Waals surface area contributed by atoms with Gasteiger partial charge in [0.05, 0.1) is 17.5 Å². The predicted octanol–water partition coefficient (Wildman–Crippen LogP) is 3.73. The molecule has 2 heterocycles. The summed E-state index contributed by atoms with van der Waals surface area (Å²) in [7, 11) is -3.17. The van der Waals surface area contributed by atoms with Gasteiger partial charge in [-0.05, 0) is 45.4 Å². The second kappa shape index (κ2) is 10.3. The van der Waals surface area contributed by atoms with E-state index in [4.69, 9.17) is 4.74 Å². The number of sulfone groups is 1. The second-order valence-electron chi connectivity index (χ2n) is 10.1. The van der Waals surface area contributed by atoms with Crippen molar-refractivity contribution in [3.63, 3.8) is 0 Å². The topological polar surface area (TPSA) is 105 Å². The fraction of sp³-hybridized carbons (Fsp3) is 0.423. The summed E-state index contributed by atoms with van der Waals surface area (Å²) in [6, 6.07) is 15.8. The number of carbonyl (C=O) groups is 2. The minimum atomic E-state index is -3.17. The molecule has 0 saturated carbocycles. The summed E-state index contributed by atoms with van der Waals surface area (Å²) in [5.41, 5.74) is 2.00. The number of amides is 2. The molecule has 10 heteroatoms. The Morgan fingerprint density at radius 2 is 1.78 bits per heavy atom. The number of hydrogen-bond donors (Lipinski definition) is 1. The summed E-state index contributed by atoms with van der Waals surface area (Å²) >= 11 is 1.30. The van der Waals surface area contributed by atoms with E-state index in [1.54, 1.807) is 20.8 Å². The van der Waals surface area contributed by atoms with Gasteiger partial charge < -0.3 is 15.0 Å². The molecule has 0 radical (unpaired) electrons. The highest BCUT2D eigenvalue weighted by Gasteiger charge is 2.49. The maximum absolute atomic E-state index is 13.5. The van der Waals surface area contributed by atoms with Gasteiger partial charge in [-0.15, -0.1) is 0 Å². The first-order valence-corrected chi connectivity index (χ1v) is 14.5. The highest BCUT2D eigenvalue weighted by Crippen LogP contribution is 2.41. The molecule has 2 aliphatic rings. The number of carbonyl (C=O) groups excluding carboxylic acids is 2. The van der Waals surface area contributed by atoms with E-state index in [0.29, 0.717) is 5.17 Å². The molecule has 2 aliphatic heterocycles. The van der Waals surface area contributed by atoms with Crippen LogP contribution in [-0.4, -0.2) is 60.0 Å². The minimum Gasteiger partial charge on any atom is -0.444 e. The monoisotopic (exact) mass is 529 g/mol. The number of nitrogens with zero attached hydrogens (tertiary/aromatic N) is 2. The van der Waals surface area contributed by atoms with Gasteiger partial charge in [0, 0.05) is 17.4 Å². The number of aliphatic imine (C=N–C) groups is 1. The summed E-state index contributed by atoms with van der Waals surface area (Å²) in [6.45, 7) is 7.23. The van der Waals surface area contributed by atoms with Crippen molar-refractivity contribution in [2.45, 2.75) is 57.1 Å². The maximum atomic E-state index is 13.5. The number of benzene rings is 2. The van der Waals surface area contributed by atoms with Gasteiger partial charge in [-0.3, -0.25) is 4.79 Å². The van der Waals surface area contributed by atoms with Gasteiger partial charge >= 0.3 is 6.09 Å². The van der Waals surface area contributed by atoms with Gasteiger partial charge in [0.1, 0.15) is 11.6 Å². The summed E-state index contributed by atoms with van der Waals surface area (Å²) in [5.74, 6) is -0.469. The third-order valence-corrected chi connectivity index (χ3v) is 9.07. The van der Waals surface area contributed by atoms with Crippen LogP contribution in [0.5, 0.6) is 0 Å². The zero-order chi connectivity index (χ0) is 26.1. The molecular weight excluding hydrogens is 498 g/mol. The molecule has 1 N–H and O–H groups in total. The van der Waals surface area contributed by atoms with E-state index in [1.807, 2.05) is 66.4 Å². The Labute approximate surface area is 216 Å². The molecule has 2 amide bonds. The lowest BCUT2D eigenvalue weighted by Crippen LogP contribution is -2.45. The van der Waals surface area contributed by atoms with Gasteiger partial charge in [0.2, 0.25) is 0 Å². The zero-order valence-electron chi connectivity index (χ0n) is 20.8. The van der Waals surface area contributed by atoms with Crippen molar-refractivity contribution in [3.8, 4) is 0 Å². The van der Waals surface area contributed by atoms with Crippen LogP contribution in [0.25, 0.3) is 0 Å². The van der Waals surface area contributed by atoms with Gasteiger partial charge in [-0.25, -0.2) is 13.2 Å². The fourth-order valence-electron chi connectivity index (χ4n) is 4.24. The molecular formula is C26H31N3O5S2. The number of rotatable bonds is 5. The SMILES string of the molecule is Cc1ccc(N2C(=NC(=O)[C@H](Cc3ccccc3)NC(=O)OC(C)(C)C)S[C@H]3CS(=O)(=O)C[C@@H]32)cc1. The molecule has 0 unspecified atom stereocenters. The third-order valence-electron chi connectivity index (χ3n) is 5.86. The number of thioether (sulfide) groups is 1. The van der Waals surface area contributed by atoms with Crippen LogP contribution in [0.4, 0.5) is 10.5 Å². The quantitative estimate of drug-likeness (QED) is 0.629. The van der Waals surface area contributed by atoms with Crippen LogP contribution in [0.3, 0.4) is 0 Å². The van der Waals surface area contributed by atoms with Gasteiger partial charge in [0.25, 0.3) is 5.91 Å². The van der Waals surface area contributed by atoms with Crippen LogP contribution >= 0.6 is 11.8 Å². The Balaban J connectivity index is 1.64. The fourth-order valence-corrected chi connectivity index (χ4v) is 8.16. The molecule has 0 aliphatic carbocycles. The number of anilines is 1. The number of aryl methyl sites for hydroxylation is 1. The Morgan fingerprint density at radius 1 is 1.11 bits per heavy atom. The van der Waals surface area contributed by atoms with E-state index in [2.05, 4.69) is 10.3 Å². The van der Waals surface area contributed by atoms with Gasteiger partial charge in [-0.1, -0.05) is 59.8 Å². The molecule has 2 aromatic rings. The van der Waals surface area contributed by atoms with Crippen molar-refractivity contribution >= 4 is 44.5 Å². The largest absolute Gasteiger partial charge is 0.444 e. The van der Waals surface area contributed by atoms with Gasteiger partial charge in [0.15, 0.2) is 15.0 Å². The number of hydrogen-bond acceptors (Lipinski definition) is 6. The van der Waals surface area contributed by atoms with E-state index in [1.165, 1.54) is 11.8 Å². The van der Waals surface area contributed by atoms with E-state index < -0.39 is 33.5 Å². The lowest BCUT2D eigenvalue weighted by atomic mass is 10.1. The second-order valence-corrected chi connectivity index (χ2v) is 13.5. The van der Waals surface area contributed by atoms with E-state index in [-0.39, 0.29) is 29.2 Å². The average Bonchev–Trinajstić information content (AvgIpc) is 3.24. The molecule has 36 heavy (non-hydrogen) atoms. The van der Waals surface area contributed by atoms with Gasteiger partial charge in [-0.2, -0.15) is 4.99 Å². The molecule has 2 saturated heterocycles. The van der Waals surface area contributed by atoms with Crippen LogP contribution in [0, 0.1) is 6.92 Å². The molecule has 0 spiro atoms. The first-order chi connectivity index (χ1) is 16.9. The van der Waals surface area contributed by atoms with Crippen molar-refractivity contribution in [2.24, 2.45) is 4.99 Å². The summed E-state index contributed by atoms with van der Waals surface area (Å²) in [6.07, 6.45) is -0.457. The minimum absolute atomic E-state index is 0.00928. The first-order valence-electron chi connectivity index (χ1n) is 11.8. The summed E-state index contributed by atoms with van der Waals surface area (Å²) < 4.78 is 30.1. The van der Waals surface area contributed by atoms with Crippen LogP contribution in [-0.2, 0) is 25.8 Å². The molecule has 192 valence electrons. The number of fused-ring (bicyclic) bond motifs is 1. The Hall–Kier alpha value is -2.85. The molecule has 8 nitrogen and oxygen atoms in total. The standard InChI is InChI=1S/C26H31N3O5S2/c1-17-10-12-19(13-11-17)29-21-15-36(32,33)16-22(21)35-24(29)28-23(30)20(14-18-8-6-5-7-9-18)27-25(31)34-26(2,3)4/h5-13,20-22H,14-16H2,1-4H3,(H,27,31)/t20-,21-,22-/m0/s1. The van der Waals surface area contributed by atoms with Crippen molar-refractivity contribution in [1.82, 2.24) is 5.32 Å². The smallest absolute Gasteiger partial charge is 0.408 e. The van der Waals surface area contributed by atoms with Crippen molar-refractivity contribution in [3.05, 3.63) is 65.7 Å². The van der Waals surface area contributed by atoms with Crippen molar-refractivity contribution in [2.75, 3.05) is 16.4 Å². The van der Waals surface area contributed by atoms with E-state index in [0.717, 1.165) is 16.8 Å². The lowest BCUT2D eigenvalue weighted by molar-refractivity contribution is -0.119. The first kappa shape index (κ1) is 26.2. The normalized spacial score (nSPS) is 22.8. The molecule has 0 bridgehead atoms. The van der Waals surface area contributed by atoms with Crippen molar-refractivity contribution < 1.29 is 22.7 Å². The number of ether oxygens (including phenoxy) is 1. The summed E-state index contributed by atoms with van der Waals surface area (Å²) in [4.78, 5) is 32.3. The highest BCUT2D eigenvalue weighted by atomic mass is 32.2. The van der Waals surface area contributed by atoms with Crippen LogP contribution < -0.4 is 10.2 Å². The average molecular weight is 530 g/mol. The lowest BCUT2D eigenvalue weighted by Gasteiger charge is -2.25. The Morgan fingerprint density at radius 3 is 2.42 bits per heavy atom. The summed E-state index contributed by atoms with van der Waals surface area (Å²) in [5, 5.41) is 2.91. The molecule has 2 aromatic carbocycles. The Bertz CT molecular complexity index is 1250. The van der Waals surface area contributed by atoms with Crippen molar-refractivity contribution in [1.29, 1.82) is 0 Å². The van der Waals surface area contributed by atoms with E-state index in [9.17, 15) is 18.0 Å².